The Morgan fingerprint density at radius 2 is 2.33 bits per heavy atom. The van der Waals surface area contributed by atoms with Crippen LogP contribution in [0.5, 0.6) is 0 Å². The molecule has 0 bridgehead atoms. The number of nitrogens with zero attached hydrogens (tertiary/aromatic N) is 1. The fourth-order valence-electron chi connectivity index (χ4n) is 1.72. The van der Waals surface area contributed by atoms with Crippen molar-refractivity contribution in [2.24, 2.45) is 5.92 Å². The van der Waals surface area contributed by atoms with Crippen molar-refractivity contribution in [3.63, 3.8) is 0 Å². The molecule has 1 unspecified atom stereocenters. The first-order valence-corrected chi connectivity index (χ1v) is 5.59. The highest BCUT2D eigenvalue weighted by molar-refractivity contribution is 9.10. The van der Waals surface area contributed by atoms with Crippen molar-refractivity contribution in [3.05, 3.63) is 22.6 Å². The molecule has 0 radical (unpaired) electrons. The molecular formula is C10H12BrNO3. The van der Waals surface area contributed by atoms with Gasteiger partial charge in [0.05, 0.1) is 12.0 Å². The summed E-state index contributed by atoms with van der Waals surface area (Å²) in [4.78, 5) is 12.7. The second-order valence-corrected chi connectivity index (χ2v) is 4.59. The van der Waals surface area contributed by atoms with Gasteiger partial charge in [0, 0.05) is 13.1 Å². The van der Waals surface area contributed by atoms with E-state index in [0.29, 0.717) is 17.8 Å². The Bertz CT molecular complexity index is 370. The first-order chi connectivity index (χ1) is 7.08. The maximum Gasteiger partial charge on any atom is 0.309 e. The molecule has 1 aromatic heterocycles. The van der Waals surface area contributed by atoms with Gasteiger partial charge >= 0.3 is 5.97 Å². The number of carboxylic acid groups (broad SMARTS) is 1. The van der Waals surface area contributed by atoms with E-state index in [1.165, 1.54) is 0 Å². The molecule has 0 spiro atoms. The maximum atomic E-state index is 10.6. The molecule has 1 fully saturated rings. The summed E-state index contributed by atoms with van der Waals surface area (Å²) in [6.45, 7) is 3.23. The van der Waals surface area contributed by atoms with Crippen LogP contribution in [0.15, 0.2) is 21.2 Å². The molecule has 1 N–H and O–H groups in total. The summed E-state index contributed by atoms with van der Waals surface area (Å²) in [5.74, 6) is -0.0596. The number of likely N-dealkylation sites (tertiary alicyclic amines) is 1. The minimum absolute atomic E-state index is 0.145. The summed E-state index contributed by atoms with van der Waals surface area (Å²) < 4.78 is 6.13. The Hall–Kier alpha value is -0.810. The van der Waals surface area contributed by atoms with E-state index in [0.717, 1.165) is 5.76 Å². The van der Waals surface area contributed by atoms with E-state index in [1.54, 1.807) is 0 Å². The van der Waals surface area contributed by atoms with E-state index in [-0.39, 0.29) is 12.0 Å². The molecule has 1 aliphatic heterocycles. The lowest BCUT2D eigenvalue weighted by Crippen LogP contribution is -2.51. The van der Waals surface area contributed by atoms with Crippen LogP contribution in [0.3, 0.4) is 0 Å². The number of halogens is 1. The second kappa shape index (κ2) is 3.98. The molecule has 2 rings (SSSR count). The molecule has 0 aliphatic carbocycles. The molecule has 1 aromatic rings. The Kier molecular flexibility index (Phi) is 2.84. The molecule has 82 valence electrons. The molecule has 1 aliphatic rings. The summed E-state index contributed by atoms with van der Waals surface area (Å²) in [6, 6.07) is 3.90. The average Bonchev–Trinajstić information content (AvgIpc) is 2.48. The van der Waals surface area contributed by atoms with Crippen molar-refractivity contribution >= 4 is 21.9 Å². The van der Waals surface area contributed by atoms with Crippen molar-refractivity contribution < 1.29 is 14.3 Å². The number of hydrogen-bond acceptors (Lipinski definition) is 3. The quantitative estimate of drug-likeness (QED) is 0.917. The van der Waals surface area contributed by atoms with Gasteiger partial charge in [0.2, 0.25) is 0 Å². The van der Waals surface area contributed by atoms with Gasteiger partial charge in [0.1, 0.15) is 5.76 Å². The van der Waals surface area contributed by atoms with Gasteiger partial charge in [-0.15, -0.1) is 0 Å². The first-order valence-electron chi connectivity index (χ1n) is 4.80. The summed E-state index contributed by atoms with van der Waals surface area (Å²) in [5.41, 5.74) is 0. The zero-order chi connectivity index (χ0) is 11.0. The van der Waals surface area contributed by atoms with Crippen LogP contribution in [0, 0.1) is 5.92 Å². The van der Waals surface area contributed by atoms with Gasteiger partial charge in [-0.3, -0.25) is 9.69 Å². The Morgan fingerprint density at radius 1 is 1.67 bits per heavy atom. The third kappa shape index (κ3) is 2.08. The molecule has 5 heteroatoms. The van der Waals surface area contributed by atoms with Crippen LogP contribution in [-0.2, 0) is 4.79 Å². The number of rotatable bonds is 3. The van der Waals surface area contributed by atoms with Crippen LogP contribution in [0.1, 0.15) is 18.7 Å². The topological polar surface area (TPSA) is 53.7 Å². The summed E-state index contributed by atoms with van der Waals surface area (Å²) in [7, 11) is 0. The number of furan rings is 1. The first kappa shape index (κ1) is 10.7. The van der Waals surface area contributed by atoms with Crippen LogP contribution >= 0.6 is 15.9 Å². The molecule has 1 atom stereocenters. The molecule has 0 amide bonds. The standard InChI is InChI=1S/C10H12BrNO3/c1-6(8-2-3-9(11)15-8)12-4-7(5-12)10(13)14/h2-3,6-7H,4-5H2,1H3,(H,13,14). The van der Waals surface area contributed by atoms with Crippen LogP contribution in [0.2, 0.25) is 0 Å². The monoisotopic (exact) mass is 273 g/mol. The highest BCUT2D eigenvalue weighted by atomic mass is 79.9. The number of carbonyl (C=O) groups is 1. The molecule has 4 nitrogen and oxygen atoms in total. The smallest absolute Gasteiger partial charge is 0.309 e. The summed E-state index contributed by atoms with van der Waals surface area (Å²) >= 11 is 3.25. The number of hydrogen-bond donors (Lipinski definition) is 1. The molecule has 0 saturated carbocycles. The van der Waals surface area contributed by atoms with Crippen molar-refractivity contribution in [2.45, 2.75) is 13.0 Å². The maximum absolute atomic E-state index is 10.6. The van der Waals surface area contributed by atoms with Crippen LogP contribution in [0.4, 0.5) is 0 Å². The second-order valence-electron chi connectivity index (χ2n) is 3.81. The van der Waals surface area contributed by atoms with Crippen LogP contribution in [-0.4, -0.2) is 29.1 Å². The van der Waals surface area contributed by atoms with E-state index in [1.807, 2.05) is 19.1 Å². The van der Waals surface area contributed by atoms with Crippen LogP contribution < -0.4 is 0 Å². The molecule has 15 heavy (non-hydrogen) atoms. The Morgan fingerprint density at radius 3 is 2.80 bits per heavy atom. The fourth-order valence-corrected chi connectivity index (χ4v) is 2.04. The van der Waals surface area contributed by atoms with Crippen LogP contribution in [0.25, 0.3) is 0 Å². The zero-order valence-corrected chi connectivity index (χ0v) is 9.90. The van der Waals surface area contributed by atoms with Gasteiger partial charge in [-0.1, -0.05) is 0 Å². The van der Waals surface area contributed by atoms with Gasteiger partial charge in [-0.25, -0.2) is 0 Å². The highest BCUT2D eigenvalue weighted by Gasteiger charge is 2.36. The predicted molar refractivity (Wildman–Crippen MR) is 57.5 cm³/mol. The third-order valence-electron chi connectivity index (χ3n) is 2.81. The van der Waals surface area contributed by atoms with Crippen molar-refractivity contribution in [2.75, 3.05) is 13.1 Å². The van der Waals surface area contributed by atoms with E-state index in [9.17, 15) is 4.79 Å². The van der Waals surface area contributed by atoms with E-state index >= 15 is 0 Å². The predicted octanol–water partition coefficient (Wildman–Crippen LogP) is 2.12. The lowest BCUT2D eigenvalue weighted by Gasteiger charge is -2.40. The minimum atomic E-state index is -0.709. The lowest BCUT2D eigenvalue weighted by molar-refractivity contribution is -0.148. The number of carboxylic acids is 1. The van der Waals surface area contributed by atoms with Gasteiger partial charge in [0.25, 0.3) is 0 Å². The van der Waals surface area contributed by atoms with Gasteiger partial charge in [-0.2, -0.15) is 0 Å². The van der Waals surface area contributed by atoms with Crippen molar-refractivity contribution in [1.82, 2.24) is 4.90 Å². The molecular weight excluding hydrogens is 262 g/mol. The molecule has 1 saturated heterocycles. The molecule has 0 aromatic carbocycles. The fraction of sp³-hybridized carbons (Fsp3) is 0.500. The SMILES string of the molecule is CC(c1ccc(Br)o1)N1CC(C(=O)O)C1. The normalized spacial score (nSPS) is 19.9. The third-order valence-corrected chi connectivity index (χ3v) is 3.24. The summed E-state index contributed by atoms with van der Waals surface area (Å²) in [5, 5.41) is 8.75. The van der Waals surface area contributed by atoms with E-state index in [4.69, 9.17) is 9.52 Å². The van der Waals surface area contributed by atoms with Gasteiger partial charge in [0.15, 0.2) is 4.67 Å². The molecule has 2 heterocycles. The number of aliphatic carboxylic acids is 1. The van der Waals surface area contributed by atoms with Crippen molar-refractivity contribution in [1.29, 1.82) is 0 Å². The van der Waals surface area contributed by atoms with Gasteiger partial charge in [-0.05, 0) is 35.0 Å². The van der Waals surface area contributed by atoms with Crippen molar-refractivity contribution in [3.8, 4) is 0 Å². The highest BCUT2D eigenvalue weighted by Crippen LogP contribution is 2.30. The Balaban J connectivity index is 1.94. The minimum Gasteiger partial charge on any atom is -0.481 e. The largest absolute Gasteiger partial charge is 0.481 e. The van der Waals surface area contributed by atoms with E-state index < -0.39 is 5.97 Å². The zero-order valence-electron chi connectivity index (χ0n) is 8.31. The van der Waals surface area contributed by atoms with Gasteiger partial charge < -0.3 is 9.52 Å². The lowest BCUT2D eigenvalue weighted by atomic mass is 9.97. The Labute approximate surface area is 96.0 Å². The van der Waals surface area contributed by atoms with E-state index in [2.05, 4.69) is 20.8 Å². The average molecular weight is 274 g/mol. The summed E-state index contributed by atoms with van der Waals surface area (Å²) in [6.07, 6.45) is 0.